The van der Waals surface area contributed by atoms with Crippen molar-refractivity contribution in [2.45, 2.75) is 12.3 Å². The van der Waals surface area contributed by atoms with E-state index in [4.69, 9.17) is 6.42 Å². The van der Waals surface area contributed by atoms with Crippen LogP contribution in [-0.4, -0.2) is 60.1 Å². The highest BCUT2D eigenvalue weighted by Gasteiger charge is 2.20. The van der Waals surface area contributed by atoms with Gasteiger partial charge >= 0.3 is 0 Å². The number of hydrogen-bond acceptors (Lipinski definition) is 5. The first kappa shape index (κ1) is 16.1. The lowest BCUT2D eigenvalue weighted by molar-refractivity contribution is -0.163. The lowest BCUT2D eigenvalue weighted by Crippen LogP contribution is -2.39. The van der Waals surface area contributed by atoms with Gasteiger partial charge < -0.3 is 15.0 Å². The molecule has 0 aliphatic heterocycles. The van der Waals surface area contributed by atoms with Crippen LogP contribution in [0.25, 0.3) is 0 Å². The molecule has 0 spiro atoms. The van der Waals surface area contributed by atoms with E-state index in [1.165, 1.54) is 13.3 Å². The minimum absolute atomic E-state index is 0.0407. The van der Waals surface area contributed by atoms with Crippen LogP contribution in [0.4, 0.5) is 0 Å². The fraction of sp³-hybridized carbons (Fsp3) is 0.700. The molecule has 0 aromatic heterocycles. The summed E-state index contributed by atoms with van der Waals surface area (Å²) in [5.41, 5.74) is 0. The number of carbonyl (C=O) groups excluding carboxylic acids is 1. The third-order valence-corrected chi connectivity index (χ3v) is 3.69. The molecule has 17 heavy (non-hydrogen) atoms. The van der Waals surface area contributed by atoms with Crippen LogP contribution in [0, 0.1) is 12.3 Å². The Morgan fingerprint density at radius 1 is 1.59 bits per heavy atom. The largest absolute Gasteiger partial charge is 0.384 e. The molecule has 98 valence electrons. The number of rotatable bonds is 7. The molecule has 0 saturated heterocycles. The van der Waals surface area contributed by atoms with Gasteiger partial charge in [-0.3, -0.25) is 10.0 Å². The molecule has 1 amide bonds. The van der Waals surface area contributed by atoms with E-state index in [2.05, 4.69) is 11.2 Å². The van der Waals surface area contributed by atoms with E-state index in [0.717, 1.165) is 0 Å². The number of aliphatic hydroxyl groups excluding tert-OH is 1. The molecule has 0 aromatic carbocycles. The molecule has 0 radical (unpaired) electrons. The number of terminal acetylenes is 1. The fourth-order valence-corrected chi connectivity index (χ4v) is 1.48. The third kappa shape index (κ3) is 7.14. The zero-order valence-corrected chi connectivity index (χ0v) is 11.0. The highest BCUT2D eigenvalue weighted by molar-refractivity contribution is 7.62. The van der Waals surface area contributed by atoms with Crippen molar-refractivity contribution in [1.82, 2.24) is 10.4 Å². The summed E-state index contributed by atoms with van der Waals surface area (Å²) in [4.78, 5) is 11.3. The van der Waals surface area contributed by atoms with Gasteiger partial charge in [-0.15, -0.1) is 12.3 Å². The Hall–Kier alpha value is -0.860. The normalized spacial score (nSPS) is 12.9. The first-order valence-electron chi connectivity index (χ1n) is 5.15. The van der Waals surface area contributed by atoms with Crippen LogP contribution in [0.5, 0.6) is 0 Å². The Morgan fingerprint density at radius 3 is 2.65 bits per heavy atom. The van der Waals surface area contributed by atoms with Crippen molar-refractivity contribution < 1.29 is 19.7 Å². The summed E-state index contributed by atoms with van der Waals surface area (Å²) in [7, 11) is -2.58. The molecule has 7 heteroatoms. The van der Waals surface area contributed by atoms with Gasteiger partial charge in [0.1, 0.15) is 13.0 Å². The van der Waals surface area contributed by atoms with Gasteiger partial charge in [-0.05, 0) is 13.3 Å². The van der Waals surface area contributed by atoms with Gasteiger partial charge in [0.05, 0.1) is 13.1 Å². The zero-order valence-electron chi connectivity index (χ0n) is 10.1. The number of hydrogen-bond donors (Lipinski definition) is 3. The SMILES string of the molecule is C#CCCN(O)C(=O)CNCC(O)P(C)(C)=O. The minimum Gasteiger partial charge on any atom is -0.384 e. The molecule has 3 N–H and O–H groups in total. The van der Waals surface area contributed by atoms with Crippen LogP contribution in [0.2, 0.25) is 0 Å². The lowest BCUT2D eigenvalue weighted by Gasteiger charge is -2.17. The monoisotopic (exact) mass is 262 g/mol. The molecule has 0 fully saturated rings. The second kappa shape index (κ2) is 7.46. The highest BCUT2D eigenvalue weighted by Crippen LogP contribution is 2.40. The number of aliphatic hydroxyl groups is 1. The van der Waals surface area contributed by atoms with Crippen molar-refractivity contribution in [3.05, 3.63) is 0 Å². The molecule has 0 heterocycles. The molecular weight excluding hydrogens is 243 g/mol. The van der Waals surface area contributed by atoms with Gasteiger partial charge in [-0.25, -0.2) is 5.06 Å². The summed E-state index contributed by atoms with van der Waals surface area (Å²) in [6.07, 6.45) is 5.25. The van der Waals surface area contributed by atoms with Gasteiger partial charge in [0.15, 0.2) is 0 Å². The molecule has 0 saturated carbocycles. The van der Waals surface area contributed by atoms with E-state index in [1.54, 1.807) is 0 Å². The summed E-state index contributed by atoms with van der Waals surface area (Å²) in [6.45, 7) is 2.90. The second-order valence-electron chi connectivity index (χ2n) is 4.02. The second-order valence-corrected chi connectivity index (χ2v) is 7.48. The quantitative estimate of drug-likeness (QED) is 0.255. The number of carbonyl (C=O) groups is 1. The van der Waals surface area contributed by atoms with Crippen LogP contribution in [0.15, 0.2) is 0 Å². The van der Waals surface area contributed by atoms with E-state index < -0.39 is 18.9 Å². The number of hydroxylamine groups is 2. The van der Waals surface area contributed by atoms with Crippen molar-refractivity contribution >= 4 is 13.0 Å². The van der Waals surface area contributed by atoms with Crippen molar-refractivity contribution in [2.75, 3.05) is 33.0 Å². The van der Waals surface area contributed by atoms with E-state index in [1.807, 2.05) is 0 Å². The maximum absolute atomic E-state index is 11.4. The molecule has 0 aliphatic carbocycles. The van der Waals surface area contributed by atoms with Crippen molar-refractivity contribution in [1.29, 1.82) is 0 Å². The first-order valence-corrected chi connectivity index (χ1v) is 7.82. The van der Waals surface area contributed by atoms with E-state index in [-0.39, 0.29) is 26.1 Å². The predicted molar refractivity (Wildman–Crippen MR) is 65.3 cm³/mol. The molecule has 0 bridgehead atoms. The van der Waals surface area contributed by atoms with Crippen molar-refractivity contribution in [3.8, 4) is 12.3 Å². The minimum atomic E-state index is -2.58. The highest BCUT2D eigenvalue weighted by atomic mass is 31.2. The van der Waals surface area contributed by atoms with E-state index >= 15 is 0 Å². The van der Waals surface area contributed by atoms with Crippen LogP contribution < -0.4 is 5.32 Å². The number of nitrogens with one attached hydrogen (secondary N) is 1. The van der Waals surface area contributed by atoms with Crippen LogP contribution in [0.1, 0.15) is 6.42 Å². The molecule has 6 nitrogen and oxygen atoms in total. The molecular formula is C10H19N2O4P. The number of nitrogens with zero attached hydrogens (tertiary/aromatic N) is 1. The van der Waals surface area contributed by atoms with Crippen LogP contribution in [0.3, 0.4) is 0 Å². The molecule has 1 unspecified atom stereocenters. The maximum Gasteiger partial charge on any atom is 0.259 e. The Kier molecular flexibility index (Phi) is 7.09. The van der Waals surface area contributed by atoms with Crippen LogP contribution in [-0.2, 0) is 9.36 Å². The van der Waals surface area contributed by atoms with Crippen molar-refractivity contribution in [2.24, 2.45) is 0 Å². The van der Waals surface area contributed by atoms with Crippen LogP contribution >= 0.6 is 7.14 Å². The lowest BCUT2D eigenvalue weighted by atomic mass is 10.4. The first-order chi connectivity index (χ1) is 7.79. The molecule has 0 aliphatic rings. The van der Waals surface area contributed by atoms with Crippen molar-refractivity contribution in [3.63, 3.8) is 0 Å². The van der Waals surface area contributed by atoms with Gasteiger partial charge in [-0.1, -0.05) is 0 Å². The summed E-state index contributed by atoms with van der Waals surface area (Å²) in [5, 5.41) is 21.8. The smallest absolute Gasteiger partial charge is 0.259 e. The topological polar surface area (TPSA) is 89.9 Å². The molecule has 1 atom stereocenters. The average molecular weight is 262 g/mol. The third-order valence-electron chi connectivity index (χ3n) is 2.08. The fourth-order valence-electron chi connectivity index (χ4n) is 0.914. The maximum atomic E-state index is 11.4. The van der Waals surface area contributed by atoms with Gasteiger partial charge in [0.25, 0.3) is 5.91 Å². The summed E-state index contributed by atoms with van der Waals surface area (Å²) >= 11 is 0. The summed E-state index contributed by atoms with van der Waals surface area (Å²) < 4.78 is 11.4. The van der Waals surface area contributed by atoms with Gasteiger partial charge in [0, 0.05) is 13.0 Å². The van der Waals surface area contributed by atoms with E-state index in [9.17, 15) is 19.7 Å². The standard InChI is InChI=1S/C10H19N2O4P/c1-4-5-6-12(15)9(13)7-11-8-10(14)17(2,3)16/h1,10-11,14-15H,5-8H2,2-3H3. The predicted octanol–water partition coefficient (Wildman–Crippen LogP) is -0.242. The van der Waals surface area contributed by atoms with Gasteiger partial charge in [0.2, 0.25) is 0 Å². The van der Waals surface area contributed by atoms with Gasteiger partial charge in [-0.2, -0.15) is 0 Å². The summed E-state index contributed by atoms with van der Waals surface area (Å²) in [5.74, 6) is 0.757. The Morgan fingerprint density at radius 2 is 2.18 bits per heavy atom. The molecule has 0 aromatic rings. The molecule has 0 rings (SSSR count). The van der Waals surface area contributed by atoms with E-state index in [0.29, 0.717) is 5.06 Å². The Balaban J connectivity index is 3.86. The average Bonchev–Trinajstić information content (AvgIpc) is 2.24. The summed E-state index contributed by atoms with van der Waals surface area (Å²) in [6, 6.07) is 0. The Labute approximate surface area is 101 Å². The zero-order chi connectivity index (χ0) is 13.5. The Bertz CT molecular complexity index is 334. The number of amides is 1.